The van der Waals surface area contributed by atoms with Crippen LogP contribution in [0.4, 0.5) is 27.5 Å². The number of hydrogen-bond donors (Lipinski definition) is 2. The predicted molar refractivity (Wildman–Crippen MR) is 496 cm³/mol. The number of amides is 4. The van der Waals surface area contributed by atoms with E-state index in [1.807, 2.05) is 57.2 Å². The second-order valence-electron chi connectivity index (χ2n) is 33.6. The Hall–Kier alpha value is -8.82. The number of aliphatic imine (C=N–C) groups is 3. The van der Waals surface area contributed by atoms with Crippen molar-refractivity contribution in [1.82, 2.24) is 18.4 Å². The minimum Gasteiger partial charge on any atom is -0.492 e. The number of sulfonamides is 2. The Morgan fingerprint density at radius 1 is 0.460 bits per heavy atom. The van der Waals surface area contributed by atoms with Crippen molar-refractivity contribution in [3.63, 3.8) is 0 Å². The van der Waals surface area contributed by atoms with Gasteiger partial charge in [0, 0.05) is 18.0 Å². The van der Waals surface area contributed by atoms with Crippen LogP contribution in [0.3, 0.4) is 0 Å². The Morgan fingerprint density at radius 3 is 1.32 bits per heavy atom. The Balaban J connectivity index is 0.000000310. The monoisotopic (exact) mass is 1770 g/mol. The van der Waals surface area contributed by atoms with Gasteiger partial charge in [-0.15, -0.1) is 0 Å². The molecule has 4 amide bonds. The number of carbonyl (C=O) groups excluding carboxylic acids is 6. The molecule has 0 saturated carbocycles. The van der Waals surface area contributed by atoms with Crippen molar-refractivity contribution in [3.05, 3.63) is 120 Å². The lowest BCUT2D eigenvalue weighted by atomic mass is 10.0. The third-order valence-electron chi connectivity index (χ3n) is 23.0. The van der Waals surface area contributed by atoms with Crippen molar-refractivity contribution in [1.29, 1.82) is 0 Å². The molecule has 4 unspecified atom stereocenters. The van der Waals surface area contributed by atoms with Crippen LogP contribution in [0.15, 0.2) is 144 Å². The van der Waals surface area contributed by atoms with E-state index in [2.05, 4.69) is 36.4 Å². The first-order valence-corrected chi connectivity index (χ1v) is 50.0. The van der Waals surface area contributed by atoms with E-state index in [4.69, 9.17) is 33.7 Å². The van der Waals surface area contributed by atoms with E-state index in [0.717, 1.165) is 109 Å². The van der Waals surface area contributed by atoms with Gasteiger partial charge in [-0.05, 0) is 125 Å². The van der Waals surface area contributed by atoms with Crippen molar-refractivity contribution in [2.24, 2.45) is 15.0 Å². The number of nitrogens with zero attached hydrogens (tertiary/aromatic N) is 7. The molecule has 4 aliphatic rings. The highest BCUT2D eigenvalue weighted by molar-refractivity contribution is 7.99. The van der Waals surface area contributed by atoms with E-state index in [1.165, 1.54) is 227 Å². The van der Waals surface area contributed by atoms with Crippen LogP contribution in [0.1, 0.15) is 303 Å². The number of benzene rings is 5. The molecule has 4 heterocycles. The second-order valence-corrected chi connectivity index (χ2v) is 38.4. The number of cyclic esters (lactones) is 1. The number of aryl methyl sites for hydroxylation is 2. The van der Waals surface area contributed by atoms with Gasteiger partial charge >= 0.3 is 18.0 Å². The number of carbonyl (C=O) groups is 6. The first-order valence-electron chi connectivity index (χ1n) is 46.3. The van der Waals surface area contributed by atoms with Crippen molar-refractivity contribution < 1.29 is 69.3 Å². The molecule has 24 nitrogen and oxygen atoms in total. The summed E-state index contributed by atoms with van der Waals surface area (Å²) in [5, 5.41) is 5.90. The summed E-state index contributed by atoms with van der Waals surface area (Å²) in [5.41, 5.74) is 1.32. The average Bonchev–Trinajstić information content (AvgIpc) is 1.04. The predicted octanol–water partition coefficient (Wildman–Crippen LogP) is 22.5. The Morgan fingerprint density at radius 2 is 0.863 bits per heavy atom. The number of esters is 2. The van der Waals surface area contributed by atoms with Gasteiger partial charge in [0.05, 0.1) is 61.4 Å². The molecule has 2 N–H and O–H groups in total. The molecular weight excluding hydrogens is 1630 g/mol. The van der Waals surface area contributed by atoms with E-state index in [-0.39, 0.29) is 45.9 Å². The van der Waals surface area contributed by atoms with Crippen LogP contribution in [0.25, 0.3) is 0 Å². The maximum atomic E-state index is 14.9. The van der Waals surface area contributed by atoms with Crippen LogP contribution in [0, 0.1) is 13.8 Å². The fourth-order valence-corrected chi connectivity index (χ4v) is 20.3. The number of imide groups is 1. The third-order valence-corrected chi connectivity index (χ3v) is 27.8. The molecular formula is C97H141N9O15S3. The molecule has 9 rings (SSSR count). The summed E-state index contributed by atoms with van der Waals surface area (Å²) < 4.78 is 88.2. The molecule has 682 valence electrons. The zero-order chi connectivity index (χ0) is 89.3. The molecule has 0 radical (unpaired) electrons. The maximum Gasteiger partial charge on any atom is 0.418 e. The second kappa shape index (κ2) is 53.0. The molecule has 1 saturated heterocycles. The normalized spacial score (nSPS) is 16.4. The number of anilines is 2. The standard InChI is InChI=1S/C53H76N4O7S2.C44H65N5O8S/c1-6-8-10-12-14-15-16-17-18-19-20-21-22-23-24-30-38-56-49(54-43-33-27-29-35-47(43)66(56,61)62)48(57-51(59)53(4,5)64-52(57)60)50(58)55-42-32-26-28-34-45(42)65-46-40-41(3)36-37-44(46)63-39-31-25-13-11-9-7-2;1-6-8-9-10-11-12-13-14-15-16-17-18-19-20-21-24-29-49-41(46-34-25-22-23-26-37(34)58(49,53)54)40(48-32-45-38(43(51)55-4)39(48)44(52)56-5)42(50)47-35-31-33(3)27-28-36(35)57-30-7-2/h26-29,32-37,40,48H,6-25,30-31,38-39H2,1-5H3,(H,55,58);22-23,25-28,31-32,38-40H,6-21,24,29-30H2,1-5H3,(H,47,50). The number of nitrogens with one attached hydrogen (secondary N) is 2. The lowest BCUT2D eigenvalue weighted by molar-refractivity contribution is -0.153. The number of para-hydroxylation sites is 3. The van der Waals surface area contributed by atoms with Crippen LogP contribution in [-0.4, -0.2) is 159 Å². The van der Waals surface area contributed by atoms with Crippen molar-refractivity contribution >= 4 is 108 Å². The van der Waals surface area contributed by atoms with Gasteiger partial charge in [-0.3, -0.25) is 28.0 Å². The Labute approximate surface area is 744 Å². The quantitative estimate of drug-likeness (QED) is 0.0208. The summed E-state index contributed by atoms with van der Waals surface area (Å²) in [5.74, 6) is -3.20. The molecule has 0 spiro atoms. The number of rotatable bonds is 57. The lowest BCUT2D eigenvalue weighted by Gasteiger charge is -2.38. The minimum absolute atomic E-state index is 0.00512. The molecule has 5 aromatic carbocycles. The minimum atomic E-state index is -4.26. The van der Waals surface area contributed by atoms with E-state index in [9.17, 15) is 45.6 Å². The van der Waals surface area contributed by atoms with E-state index in [1.54, 1.807) is 60.7 Å². The van der Waals surface area contributed by atoms with Crippen LogP contribution < -0.4 is 20.1 Å². The summed E-state index contributed by atoms with van der Waals surface area (Å²) in [6.07, 6.45) is 45.3. The van der Waals surface area contributed by atoms with Crippen molar-refractivity contribution in [2.45, 2.75) is 355 Å². The molecule has 4 atom stereocenters. The maximum absolute atomic E-state index is 14.9. The van der Waals surface area contributed by atoms with Gasteiger partial charge < -0.3 is 39.2 Å². The highest BCUT2D eigenvalue weighted by Crippen LogP contribution is 2.43. The molecule has 4 aliphatic heterocycles. The van der Waals surface area contributed by atoms with Crippen LogP contribution in [0.5, 0.6) is 11.5 Å². The fraction of sp³-hybridized carbons (Fsp3) is 0.598. The first-order chi connectivity index (χ1) is 60.0. The van der Waals surface area contributed by atoms with E-state index >= 15 is 0 Å². The van der Waals surface area contributed by atoms with Crippen molar-refractivity contribution in [2.75, 3.05) is 51.2 Å². The highest BCUT2D eigenvalue weighted by atomic mass is 32.2. The number of amidine groups is 2. The van der Waals surface area contributed by atoms with Gasteiger partial charge in [0.15, 0.2) is 41.4 Å². The zero-order valence-corrected chi connectivity index (χ0v) is 78.1. The lowest BCUT2D eigenvalue weighted by Crippen LogP contribution is -2.61. The molecule has 27 heteroatoms. The van der Waals surface area contributed by atoms with Crippen LogP contribution in [0.2, 0.25) is 0 Å². The zero-order valence-electron chi connectivity index (χ0n) is 75.7. The molecule has 5 aromatic rings. The van der Waals surface area contributed by atoms with Crippen molar-refractivity contribution in [3.8, 4) is 11.5 Å². The van der Waals surface area contributed by atoms with Gasteiger partial charge in [0.2, 0.25) is 0 Å². The molecule has 124 heavy (non-hydrogen) atoms. The first kappa shape index (κ1) is 101. The number of fused-ring (bicyclic) bond motifs is 2. The van der Waals surface area contributed by atoms with E-state index < -0.39 is 85.6 Å². The van der Waals surface area contributed by atoms with Gasteiger partial charge in [-0.1, -0.05) is 313 Å². The fourth-order valence-electron chi connectivity index (χ4n) is 16.0. The average molecular weight is 1770 g/mol. The number of hydrogen-bond acceptors (Lipinski definition) is 20. The smallest absolute Gasteiger partial charge is 0.418 e. The number of ether oxygens (including phenoxy) is 5. The van der Waals surface area contributed by atoms with Gasteiger partial charge in [-0.25, -0.2) is 46.1 Å². The SMILES string of the molecule is CCCCCCCCCCCCCCCCCCN1C(C(C(=O)Nc2cc(C)ccc2OCCC)N2C=NC(C(=O)OC)C2C(=O)OC)=Nc2ccccc2S1(=O)=O.CCCCCCCCCCCCCCCCCCN1C(C(C(=O)Nc2ccccc2Sc2cc(C)ccc2OCCCCCCCC)N2C(=O)OC(C)(C)C2=O)=Nc2ccccc2S1(=O)=O. The van der Waals surface area contributed by atoms with Gasteiger partial charge in [-0.2, -0.15) is 0 Å². The molecule has 0 aromatic heterocycles. The molecule has 0 bridgehead atoms. The summed E-state index contributed by atoms with van der Waals surface area (Å²) in [7, 11) is -6.14. The summed E-state index contributed by atoms with van der Waals surface area (Å²) in [6, 6.07) is 25.1. The van der Waals surface area contributed by atoms with Crippen LogP contribution in [-0.2, 0) is 58.2 Å². The van der Waals surface area contributed by atoms with Gasteiger partial charge in [0.25, 0.3) is 37.8 Å². The van der Waals surface area contributed by atoms with Gasteiger partial charge in [0.1, 0.15) is 21.3 Å². The summed E-state index contributed by atoms with van der Waals surface area (Å²) in [4.78, 5) is 101. The Bertz CT molecular complexity index is 4560. The Kier molecular flexibility index (Phi) is 43.0. The molecule has 0 aliphatic carbocycles. The summed E-state index contributed by atoms with van der Waals surface area (Å²) >= 11 is 1.42. The highest BCUT2D eigenvalue weighted by Gasteiger charge is 2.56. The topological polar surface area (TPSA) is 291 Å². The third kappa shape index (κ3) is 29.6. The molecule has 1 fully saturated rings. The number of unbranched alkanes of at least 4 members (excludes halogenated alkanes) is 35. The van der Waals surface area contributed by atoms with E-state index in [0.29, 0.717) is 48.1 Å². The summed E-state index contributed by atoms with van der Waals surface area (Å²) in [6.45, 7) is 16.5. The largest absolute Gasteiger partial charge is 0.492 e. The van der Waals surface area contributed by atoms with Crippen LogP contribution >= 0.6 is 11.8 Å². The number of methoxy groups -OCH3 is 2.